The van der Waals surface area contributed by atoms with Gasteiger partial charge in [0.25, 0.3) is 0 Å². The molecule has 4 aliphatic carbocycles. The van der Waals surface area contributed by atoms with Gasteiger partial charge in [-0.05, 0) is 80.8 Å². The summed E-state index contributed by atoms with van der Waals surface area (Å²) in [7, 11) is -3.73. The molecule has 12 atom stereocenters. The predicted molar refractivity (Wildman–Crippen MR) is 141 cm³/mol. The summed E-state index contributed by atoms with van der Waals surface area (Å²) in [6, 6.07) is 0. The molecular formula is C28H46O9S. The van der Waals surface area contributed by atoms with E-state index in [-0.39, 0.29) is 50.4 Å². The average molecular weight is 559 g/mol. The van der Waals surface area contributed by atoms with Crippen molar-refractivity contribution in [2.75, 3.05) is 12.9 Å². The summed E-state index contributed by atoms with van der Waals surface area (Å²) in [5, 5.41) is 64.5. The maximum atomic E-state index is 13.5. The van der Waals surface area contributed by atoms with Crippen LogP contribution in [0.5, 0.6) is 0 Å². The zero-order valence-corrected chi connectivity index (χ0v) is 24.0. The van der Waals surface area contributed by atoms with Gasteiger partial charge in [-0.3, -0.25) is 4.79 Å². The largest absolute Gasteiger partial charge is 0.396 e. The maximum Gasteiger partial charge on any atom is 0.159 e. The van der Waals surface area contributed by atoms with Crippen molar-refractivity contribution in [3.05, 3.63) is 11.6 Å². The third-order valence-corrected chi connectivity index (χ3v) is 12.7. The Morgan fingerprint density at radius 1 is 1.16 bits per heavy atom. The summed E-state index contributed by atoms with van der Waals surface area (Å²) in [5.41, 5.74) is -5.04. The van der Waals surface area contributed by atoms with Crippen molar-refractivity contribution in [1.82, 2.24) is 0 Å². The van der Waals surface area contributed by atoms with E-state index in [2.05, 4.69) is 0 Å². The normalized spacial score (nSPS) is 46.3. The van der Waals surface area contributed by atoms with Crippen LogP contribution < -0.4 is 0 Å². The number of allylic oxidation sites excluding steroid dienone is 1. The molecule has 4 aliphatic rings. The van der Waals surface area contributed by atoms with Crippen LogP contribution in [0.4, 0.5) is 0 Å². The van der Waals surface area contributed by atoms with E-state index in [0.717, 1.165) is 6.26 Å². The molecule has 0 radical (unpaired) electrons. The van der Waals surface area contributed by atoms with Crippen LogP contribution in [0, 0.1) is 34.5 Å². The van der Waals surface area contributed by atoms with E-state index in [1.165, 1.54) is 13.0 Å². The fraction of sp³-hybridized carbons (Fsp3) is 0.893. The SMILES string of the molecule is CC(CO)CC[C@@H](O)[C@](C)(O)[C@H]1CC[C@@]2(O)C3=CC(=O)[C@@H]4C[C@@H](O)[C@@H](O)C[C@]4(C)[C@H]3C(S(C)(=O)=O)C[C@]12C. The quantitative estimate of drug-likeness (QED) is 0.263. The Hall–Kier alpha value is -0.880. The number of carbonyl (C=O) groups is 1. The van der Waals surface area contributed by atoms with Gasteiger partial charge in [0.1, 0.15) is 0 Å². The minimum absolute atomic E-state index is 0.0265. The van der Waals surface area contributed by atoms with Crippen molar-refractivity contribution in [2.24, 2.45) is 34.5 Å². The zero-order chi connectivity index (χ0) is 28.6. The maximum absolute atomic E-state index is 13.5. The van der Waals surface area contributed by atoms with Crippen LogP contribution in [-0.4, -0.2) is 92.5 Å². The van der Waals surface area contributed by atoms with E-state index in [1.54, 1.807) is 13.8 Å². The molecule has 3 fully saturated rings. The van der Waals surface area contributed by atoms with E-state index in [1.807, 2.05) is 6.92 Å². The Bertz CT molecular complexity index is 1090. The van der Waals surface area contributed by atoms with Crippen LogP contribution in [0.3, 0.4) is 0 Å². The lowest BCUT2D eigenvalue weighted by Crippen LogP contribution is -2.67. The molecule has 3 saturated carbocycles. The second-order valence-electron chi connectivity index (χ2n) is 13.7. The van der Waals surface area contributed by atoms with Crippen molar-refractivity contribution >= 4 is 15.6 Å². The molecule has 0 aromatic carbocycles. The van der Waals surface area contributed by atoms with E-state index in [9.17, 15) is 43.9 Å². The van der Waals surface area contributed by atoms with Gasteiger partial charge in [-0.15, -0.1) is 0 Å². The van der Waals surface area contributed by atoms with E-state index in [4.69, 9.17) is 0 Å². The molecule has 6 N–H and O–H groups in total. The molecular weight excluding hydrogens is 512 g/mol. The number of aliphatic hydroxyl groups excluding tert-OH is 4. The lowest BCUT2D eigenvalue weighted by Gasteiger charge is -2.62. The van der Waals surface area contributed by atoms with Crippen LogP contribution in [-0.2, 0) is 14.6 Å². The van der Waals surface area contributed by atoms with Gasteiger partial charge in [0, 0.05) is 30.1 Å². The predicted octanol–water partition coefficient (Wildman–Crippen LogP) is 0.735. The zero-order valence-electron chi connectivity index (χ0n) is 23.2. The third-order valence-electron chi connectivity index (χ3n) is 11.2. The average Bonchev–Trinajstić information content (AvgIpc) is 3.09. The van der Waals surface area contributed by atoms with Crippen LogP contribution >= 0.6 is 0 Å². The number of ketones is 1. The molecule has 2 unspecified atom stereocenters. The molecule has 218 valence electrons. The Labute approximate surface area is 225 Å². The molecule has 0 aromatic heterocycles. The highest BCUT2D eigenvalue weighted by molar-refractivity contribution is 7.91. The fourth-order valence-electron chi connectivity index (χ4n) is 8.84. The van der Waals surface area contributed by atoms with Gasteiger partial charge in [-0.2, -0.15) is 0 Å². The lowest BCUT2D eigenvalue weighted by molar-refractivity contribution is -0.175. The molecule has 4 rings (SSSR count). The highest BCUT2D eigenvalue weighted by Gasteiger charge is 2.72. The summed E-state index contributed by atoms with van der Waals surface area (Å²) in [4.78, 5) is 13.5. The van der Waals surface area contributed by atoms with Crippen molar-refractivity contribution in [3.8, 4) is 0 Å². The second kappa shape index (κ2) is 9.60. The summed E-state index contributed by atoms with van der Waals surface area (Å²) in [5.74, 6) is -2.42. The first-order valence-corrected chi connectivity index (χ1v) is 15.8. The third kappa shape index (κ3) is 4.33. The van der Waals surface area contributed by atoms with Gasteiger partial charge < -0.3 is 30.6 Å². The molecule has 38 heavy (non-hydrogen) atoms. The van der Waals surface area contributed by atoms with Crippen molar-refractivity contribution < 1.29 is 43.9 Å². The number of fused-ring (bicyclic) bond motifs is 5. The first kappa shape index (κ1) is 30.1. The van der Waals surface area contributed by atoms with Crippen LogP contribution in [0.2, 0.25) is 0 Å². The topological polar surface area (TPSA) is 173 Å². The van der Waals surface area contributed by atoms with Crippen LogP contribution in [0.25, 0.3) is 0 Å². The molecule has 0 spiro atoms. The number of aliphatic hydroxyl groups is 6. The highest BCUT2D eigenvalue weighted by atomic mass is 32.2. The summed E-state index contributed by atoms with van der Waals surface area (Å²) in [6.45, 7) is 6.88. The van der Waals surface area contributed by atoms with Gasteiger partial charge >= 0.3 is 0 Å². The number of hydrogen-bond acceptors (Lipinski definition) is 9. The van der Waals surface area contributed by atoms with Gasteiger partial charge in [-0.25, -0.2) is 8.42 Å². The van der Waals surface area contributed by atoms with Crippen LogP contribution in [0.1, 0.15) is 72.6 Å². The lowest BCUT2D eigenvalue weighted by atomic mass is 9.45. The monoisotopic (exact) mass is 558 g/mol. The Kier molecular flexibility index (Phi) is 7.60. The summed E-state index contributed by atoms with van der Waals surface area (Å²) >= 11 is 0. The molecule has 9 nitrogen and oxygen atoms in total. The van der Waals surface area contributed by atoms with Gasteiger partial charge in [0.2, 0.25) is 0 Å². The van der Waals surface area contributed by atoms with Gasteiger partial charge in [0.05, 0.1) is 34.8 Å². The second-order valence-corrected chi connectivity index (χ2v) is 15.9. The summed E-state index contributed by atoms with van der Waals surface area (Å²) < 4.78 is 26.8. The molecule has 0 aromatic rings. The Balaban J connectivity index is 1.81. The standard InChI is InChI=1S/C28H46O9S/c1-15(14-29)6-7-23(33)27(4,34)22-8-9-28(35)17-11-18(30)16-10-19(31)20(32)12-25(16,2)24(17)21(38(5,36)37)13-26(22,28)3/h11,15-16,19-24,29,31-35H,6-10,12-14H2,1-5H3/t15?,16-,19+,20-,21?,22-,23+,24+,25-,26+,27+,28+/m0/s1. The summed E-state index contributed by atoms with van der Waals surface area (Å²) in [6.07, 6.45) is 0.517. The van der Waals surface area contributed by atoms with E-state index < -0.39 is 73.2 Å². The fourth-order valence-corrected chi connectivity index (χ4v) is 10.4. The number of hydrogen-bond donors (Lipinski definition) is 6. The molecule has 0 bridgehead atoms. The highest BCUT2D eigenvalue weighted by Crippen LogP contribution is 2.69. The number of carbonyl (C=O) groups excluding carboxylic acids is 1. The minimum Gasteiger partial charge on any atom is -0.396 e. The molecule has 0 amide bonds. The molecule has 0 aliphatic heterocycles. The van der Waals surface area contributed by atoms with Crippen molar-refractivity contribution in [3.63, 3.8) is 0 Å². The Morgan fingerprint density at radius 2 is 1.79 bits per heavy atom. The van der Waals surface area contributed by atoms with E-state index in [0.29, 0.717) is 18.4 Å². The molecule has 10 heteroatoms. The van der Waals surface area contributed by atoms with Gasteiger partial charge in [0.15, 0.2) is 15.6 Å². The first-order chi connectivity index (χ1) is 17.3. The van der Waals surface area contributed by atoms with Crippen LogP contribution in [0.15, 0.2) is 11.6 Å². The van der Waals surface area contributed by atoms with Crippen molar-refractivity contribution in [1.29, 1.82) is 0 Å². The molecule has 0 saturated heterocycles. The number of sulfone groups is 1. The minimum atomic E-state index is -3.73. The Morgan fingerprint density at radius 3 is 2.37 bits per heavy atom. The first-order valence-electron chi connectivity index (χ1n) is 13.9. The van der Waals surface area contributed by atoms with Gasteiger partial charge in [-0.1, -0.05) is 20.8 Å². The molecule has 0 heterocycles. The smallest absolute Gasteiger partial charge is 0.159 e. The van der Waals surface area contributed by atoms with E-state index >= 15 is 0 Å². The van der Waals surface area contributed by atoms with Crippen molar-refractivity contribution in [2.45, 2.75) is 107 Å². The number of rotatable bonds is 7.